The van der Waals surface area contributed by atoms with Crippen LogP contribution < -0.4 is 0 Å². The van der Waals surface area contributed by atoms with E-state index in [-0.39, 0.29) is 17.6 Å². The minimum absolute atomic E-state index is 0.0730. The molecule has 0 saturated heterocycles. The standard InChI is InChI=1S/C14H16O2/c1-9-10(2)14(16-3)13(15)12(9)11-7-5-4-6-8-11/h4-9,12H,1-3H3/t9-,12+/m1/s1. The Balaban J connectivity index is 2.38. The molecule has 1 aromatic carbocycles. The molecule has 1 aliphatic carbocycles. The van der Waals surface area contributed by atoms with Gasteiger partial charge in [0.15, 0.2) is 5.76 Å². The molecule has 0 unspecified atom stereocenters. The third-order valence-electron chi connectivity index (χ3n) is 3.41. The summed E-state index contributed by atoms with van der Waals surface area (Å²) in [4.78, 5) is 12.2. The Kier molecular flexibility index (Phi) is 2.82. The SMILES string of the molecule is COC1=C(C)[C@@H](C)[C@@H](c2ccccc2)C1=O. The molecule has 2 rings (SSSR count). The topological polar surface area (TPSA) is 26.3 Å². The van der Waals surface area contributed by atoms with Crippen molar-refractivity contribution >= 4 is 5.78 Å². The van der Waals surface area contributed by atoms with E-state index in [4.69, 9.17) is 4.74 Å². The van der Waals surface area contributed by atoms with Gasteiger partial charge in [0.2, 0.25) is 5.78 Å². The lowest BCUT2D eigenvalue weighted by atomic mass is 9.87. The maximum absolute atomic E-state index is 12.2. The van der Waals surface area contributed by atoms with Gasteiger partial charge in [-0.1, -0.05) is 37.3 Å². The van der Waals surface area contributed by atoms with Gasteiger partial charge < -0.3 is 4.74 Å². The van der Waals surface area contributed by atoms with Crippen LogP contribution in [0, 0.1) is 5.92 Å². The molecule has 2 nitrogen and oxygen atoms in total. The number of rotatable bonds is 2. The first-order valence-corrected chi connectivity index (χ1v) is 5.50. The number of Topliss-reactive ketones (excluding diaryl/α,β-unsaturated/α-hetero) is 1. The number of hydrogen-bond donors (Lipinski definition) is 0. The molecule has 0 N–H and O–H groups in total. The molecule has 84 valence electrons. The minimum atomic E-state index is -0.0730. The molecule has 0 bridgehead atoms. The quantitative estimate of drug-likeness (QED) is 0.759. The van der Waals surface area contributed by atoms with Crippen LogP contribution in [-0.2, 0) is 9.53 Å². The van der Waals surface area contributed by atoms with Crippen LogP contribution in [0.1, 0.15) is 25.3 Å². The van der Waals surface area contributed by atoms with Crippen LogP contribution in [0.3, 0.4) is 0 Å². The first kappa shape index (κ1) is 10.9. The summed E-state index contributed by atoms with van der Waals surface area (Å²) < 4.78 is 5.19. The smallest absolute Gasteiger partial charge is 0.205 e. The molecule has 0 aliphatic heterocycles. The second-order valence-electron chi connectivity index (χ2n) is 4.26. The lowest BCUT2D eigenvalue weighted by molar-refractivity contribution is -0.119. The number of ketones is 1. The molecule has 0 aromatic heterocycles. The second-order valence-corrected chi connectivity index (χ2v) is 4.26. The van der Waals surface area contributed by atoms with Crippen molar-refractivity contribution in [3.05, 3.63) is 47.2 Å². The highest BCUT2D eigenvalue weighted by Crippen LogP contribution is 2.40. The number of allylic oxidation sites excluding steroid dienone is 2. The molecule has 0 fully saturated rings. The molecule has 1 aliphatic rings. The zero-order chi connectivity index (χ0) is 11.7. The fraction of sp³-hybridized carbons (Fsp3) is 0.357. The second kappa shape index (κ2) is 4.12. The maximum Gasteiger partial charge on any atom is 0.205 e. The summed E-state index contributed by atoms with van der Waals surface area (Å²) in [6, 6.07) is 9.91. The van der Waals surface area contributed by atoms with Crippen molar-refractivity contribution in [1.82, 2.24) is 0 Å². The summed E-state index contributed by atoms with van der Waals surface area (Å²) in [5.74, 6) is 0.807. The molecule has 16 heavy (non-hydrogen) atoms. The van der Waals surface area contributed by atoms with Crippen molar-refractivity contribution in [2.75, 3.05) is 7.11 Å². The number of hydrogen-bond acceptors (Lipinski definition) is 2. The first-order valence-electron chi connectivity index (χ1n) is 5.50. The fourth-order valence-corrected chi connectivity index (χ4v) is 2.38. The van der Waals surface area contributed by atoms with Crippen molar-refractivity contribution in [3.8, 4) is 0 Å². The lowest BCUT2D eigenvalue weighted by Gasteiger charge is -2.15. The average Bonchev–Trinajstić information content (AvgIpc) is 2.51. The molecule has 1 aromatic rings. The third-order valence-corrected chi connectivity index (χ3v) is 3.41. The van der Waals surface area contributed by atoms with Gasteiger partial charge >= 0.3 is 0 Å². The van der Waals surface area contributed by atoms with E-state index >= 15 is 0 Å². The predicted molar refractivity (Wildman–Crippen MR) is 63.1 cm³/mol. The molecule has 0 radical (unpaired) electrons. The molecule has 0 amide bonds. The van der Waals surface area contributed by atoms with Crippen LogP contribution in [-0.4, -0.2) is 12.9 Å². The van der Waals surface area contributed by atoms with Gasteiger partial charge in [-0.3, -0.25) is 4.79 Å². The van der Waals surface area contributed by atoms with Crippen molar-refractivity contribution < 1.29 is 9.53 Å². The summed E-state index contributed by atoms with van der Waals surface area (Å²) in [5, 5.41) is 0. The Labute approximate surface area is 95.9 Å². The van der Waals surface area contributed by atoms with Crippen LogP contribution in [0.25, 0.3) is 0 Å². The van der Waals surface area contributed by atoms with E-state index in [0.29, 0.717) is 5.76 Å². The van der Waals surface area contributed by atoms with Crippen molar-refractivity contribution in [3.63, 3.8) is 0 Å². The number of benzene rings is 1. The van der Waals surface area contributed by atoms with Gasteiger partial charge in [0.1, 0.15) is 0 Å². The van der Waals surface area contributed by atoms with Crippen LogP contribution >= 0.6 is 0 Å². The highest BCUT2D eigenvalue weighted by atomic mass is 16.5. The Morgan fingerprint density at radius 3 is 2.31 bits per heavy atom. The fourth-order valence-electron chi connectivity index (χ4n) is 2.38. The van der Waals surface area contributed by atoms with Gasteiger partial charge in [0.25, 0.3) is 0 Å². The first-order chi connectivity index (χ1) is 7.66. The van der Waals surface area contributed by atoms with E-state index in [1.165, 1.54) is 0 Å². The summed E-state index contributed by atoms with van der Waals surface area (Å²) in [5.41, 5.74) is 2.13. The molecule has 0 spiro atoms. The summed E-state index contributed by atoms with van der Waals surface area (Å²) in [6.07, 6.45) is 0. The number of carbonyl (C=O) groups is 1. The number of carbonyl (C=O) groups excluding carboxylic acids is 1. The Morgan fingerprint density at radius 1 is 1.19 bits per heavy atom. The maximum atomic E-state index is 12.2. The molecule has 2 heteroatoms. The highest BCUT2D eigenvalue weighted by Gasteiger charge is 2.39. The van der Waals surface area contributed by atoms with Gasteiger partial charge in [-0.05, 0) is 24.0 Å². The minimum Gasteiger partial charge on any atom is -0.493 e. The van der Waals surface area contributed by atoms with Gasteiger partial charge in [0.05, 0.1) is 13.0 Å². The van der Waals surface area contributed by atoms with Crippen LogP contribution in [0.15, 0.2) is 41.7 Å². The molecular formula is C14H16O2. The molecule has 2 atom stereocenters. The molecule has 0 saturated carbocycles. The van der Waals surface area contributed by atoms with Crippen LogP contribution in [0.4, 0.5) is 0 Å². The normalized spacial score (nSPS) is 25.1. The van der Waals surface area contributed by atoms with E-state index in [2.05, 4.69) is 6.92 Å². The highest BCUT2D eigenvalue weighted by molar-refractivity contribution is 6.02. The van der Waals surface area contributed by atoms with Gasteiger partial charge in [-0.25, -0.2) is 0 Å². The van der Waals surface area contributed by atoms with E-state index in [1.807, 2.05) is 37.3 Å². The predicted octanol–water partition coefficient (Wildman–Crippen LogP) is 2.91. The molecule has 0 heterocycles. The Bertz CT molecular complexity index is 431. The summed E-state index contributed by atoms with van der Waals surface area (Å²) in [7, 11) is 1.57. The van der Waals surface area contributed by atoms with E-state index in [1.54, 1.807) is 7.11 Å². The van der Waals surface area contributed by atoms with Gasteiger partial charge in [-0.2, -0.15) is 0 Å². The van der Waals surface area contributed by atoms with Crippen molar-refractivity contribution in [1.29, 1.82) is 0 Å². The lowest BCUT2D eigenvalue weighted by Crippen LogP contribution is -2.14. The average molecular weight is 216 g/mol. The summed E-state index contributed by atoms with van der Waals surface area (Å²) >= 11 is 0. The number of ether oxygens (including phenoxy) is 1. The summed E-state index contributed by atoms with van der Waals surface area (Å²) in [6.45, 7) is 4.06. The largest absolute Gasteiger partial charge is 0.493 e. The third kappa shape index (κ3) is 1.54. The van der Waals surface area contributed by atoms with E-state index in [9.17, 15) is 4.79 Å². The van der Waals surface area contributed by atoms with E-state index in [0.717, 1.165) is 11.1 Å². The van der Waals surface area contributed by atoms with E-state index < -0.39 is 0 Å². The van der Waals surface area contributed by atoms with Crippen molar-refractivity contribution in [2.45, 2.75) is 19.8 Å². The Hall–Kier alpha value is -1.57. The zero-order valence-corrected chi connectivity index (χ0v) is 9.86. The van der Waals surface area contributed by atoms with Gasteiger partial charge in [-0.15, -0.1) is 0 Å². The zero-order valence-electron chi connectivity index (χ0n) is 9.86. The Morgan fingerprint density at radius 2 is 1.81 bits per heavy atom. The number of methoxy groups -OCH3 is 1. The molecular weight excluding hydrogens is 200 g/mol. The van der Waals surface area contributed by atoms with Crippen molar-refractivity contribution in [2.24, 2.45) is 5.92 Å². The van der Waals surface area contributed by atoms with Crippen LogP contribution in [0.5, 0.6) is 0 Å². The monoisotopic (exact) mass is 216 g/mol. The van der Waals surface area contributed by atoms with Gasteiger partial charge in [0, 0.05) is 0 Å². The van der Waals surface area contributed by atoms with Crippen LogP contribution in [0.2, 0.25) is 0 Å².